The third kappa shape index (κ3) is 2.81. The Morgan fingerprint density at radius 3 is 2.62 bits per heavy atom. The van der Waals surface area contributed by atoms with Crippen molar-refractivity contribution in [2.45, 2.75) is 6.54 Å². The van der Waals surface area contributed by atoms with Crippen LogP contribution < -0.4 is 16.6 Å². The third-order valence-electron chi connectivity index (χ3n) is 3.25. The van der Waals surface area contributed by atoms with E-state index in [9.17, 15) is 0 Å². The highest BCUT2D eigenvalue weighted by Crippen LogP contribution is 2.27. The number of benzene rings is 2. The number of hydrazine groups is 1. The van der Waals surface area contributed by atoms with Crippen LogP contribution in [0.25, 0.3) is 10.8 Å². The third-order valence-corrected chi connectivity index (χ3v) is 4.00. The van der Waals surface area contributed by atoms with Gasteiger partial charge in [-0.1, -0.05) is 42.5 Å². The van der Waals surface area contributed by atoms with Crippen LogP contribution in [-0.4, -0.2) is 9.97 Å². The van der Waals surface area contributed by atoms with Crippen LogP contribution in [0.2, 0.25) is 0 Å². The van der Waals surface area contributed by atoms with Crippen LogP contribution in [0.1, 0.15) is 5.56 Å². The minimum absolute atomic E-state index is 0.547. The molecule has 5 nitrogen and oxygen atoms in total. The maximum atomic E-state index is 5.40. The summed E-state index contributed by atoms with van der Waals surface area (Å²) in [6.07, 6.45) is 1.46. The number of hydrogen-bond donors (Lipinski definition) is 3. The molecule has 2 aromatic carbocycles. The summed E-state index contributed by atoms with van der Waals surface area (Å²) in [6, 6.07) is 14.6. The lowest BCUT2D eigenvalue weighted by Gasteiger charge is -2.11. The molecule has 0 radical (unpaired) electrons. The number of anilines is 2. The predicted molar refractivity (Wildman–Crippen MR) is 88.8 cm³/mol. The molecule has 4 N–H and O–H groups in total. The van der Waals surface area contributed by atoms with Gasteiger partial charge in [0.25, 0.3) is 0 Å². The van der Waals surface area contributed by atoms with E-state index in [0.717, 1.165) is 0 Å². The zero-order valence-corrected chi connectivity index (χ0v) is 12.8. The number of nitrogens with two attached hydrogens (primary N) is 1. The Morgan fingerprint density at radius 2 is 1.76 bits per heavy atom. The maximum absolute atomic E-state index is 5.40. The van der Waals surface area contributed by atoms with E-state index < -0.39 is 0 Å². The molecule has 0 unspecified atom stereocenters. The molecule has 1 aromatic heterocycles. The first kappa shape index (κ1) is 13.8. The molecule has 3 rings (SSSR count). The van der Waals surface area contributed by atoms with Crippen molar-refractivity contribution in [1.29, 1.82) is 0 Å². The molecule has 0 aliphatic carbocycles. The lowest BCUT2D eigenvalue weighted by molar-refractivity contribution is 1.07. The van der Waals surface area contributed by atoms with Crippen LogP contribution in [0.3, 0.4) is 0 Å². The fourth-order valence-corrected chi connectivity index (χ4v) is 2.68. The fraction of sp³-hybridized carbons (Fsp3) is 0.0667. The average molecular weight is 344 g/mol. The Balaban J connectivity index is 1.87. The van der Waals surface area contributed by atoms with Crippen LogP contribution in [0.5, 0.6) is 0 Å². The van der Waals surface area contributed by atoms with Gasteiger partial charge in [0.1, 0.15) is 16.6 Å². The van der Waals surface area contributed by atoms with Crippen LogP contribution in [0.4, 0.5) is 11.6 Å². The van der Waals surface area contributed by atoms with E-state index in [1.807, 2.05) is 12.1 Å². The summed E-state index contributed by atoms with van der Waals surface area (Å²) in [6.45, 7) is 0.668. The number of nitrogens with zero attached hydrogens (tertiary/aromatic N) is 2. The Kier molecular flexibility index (Phi) is 3.98. The summed E-state index contributed by atoms with van der Waals surface area (Å²) in [7, 11) is 0. The molecule has 0 saturated heterocycles. The summed E-state index contributed by atoms with van der Waals surface area (Å²) in [5.41, 5.74) is 3.73. The Morgan fingerprint density at radius 1 is 1.00 bits per heavy atom. The molecule has 3 aromatic rings. The first-order chi connectivity index (χ1) is 10.3. The molecule has 0 bridgehead atoms. The summed E-state index contributed by atoms with van der Waals surface area (Å²) in [4.78, 5) is 8.25. The van der Waals surface area contributed by atoms with Crippen molar-refractivity contribution < 1.29 is 0 Å². The van der Waals surface area contributed by atoms with Crippen molar-refractivity contribution in [1.82, 2.24) is 9.97 Å². The molecule has 21 heavy (non-hydrogen) atoms. The van der Waals surface area contributed by atoms with E-state index in [0.29, 0.717) is 22.7 Å². The minimum atomic E-state index is 0.547. The molecule has 0 spiro atoms. The fourth-order valence-electron chi connectivity index (χ4n) is 2.22. The largest absolute Gasteiger partial charge is 0.365 e. The standard InChI is InChI=1S/C15H14BrN5/c16-13-14(19-9-20-15(13)21-17)18-8-11-6-3-5-10-4-1-2-7-12(10)11/h1-7,9H,8,17H2,(H2,18,19,20,21). The molecule has 0 fully saturated rings. The molecular formula is C15H14BrN5. The quantitative estimate of drug-likeness (QED) is 0.500. The molecule has 1 heterocycles. The second-order valence-electron chi connectivity index (χ2n) is 4.52. The smallest absolute Gasteiger partial charge is 0.159 e. The Labute approximate surface area is 130 Å². The van der Waals surface area contributed by atoms with Crippen molar-refractivity contribution >= 4 is 38.3 Å². The van der Waals surface area contributed by atoms with Gasteiger partial charge in [-0.15, -0.1) is 0 Å². The van der Waals surface area contributed by atoms with Crippen molar-refractivity contribution in [2.75, 3.05) is 10.7 Å². The zero-order valence-electron chi connectivity index (χ0n) is 11.2. The number of hydrogen-bond acceptors (Lipinski definition) is 5. The number of nitrogens with one attached hydrogen (secondary N) is 2. The molecular weight excluding hydrogens is 330 g/mol. The highest BCUT2D eigenvalue weighted by molar-refractivity contribution is 9.10. The van der Waals surface area contributed by atoms with Gasteiger partial charge < -0.3 is 10.7 Å². The number of rotatable bonds is 4. The lowest BCUT2D eigenvalue weighted by atomic mass is 10.0. The minimum Gasteiger partial charge on any atom is -0.365 e. The predicted octanol–water partition coefficient (Wildman–Crippen LogP) is 3.29. The van der Waals surface area contributed by atoms with Gasteiger partial charge in [0.15, 0.2) is 5.82 Å². The summed E-state index contributed by atoms with van der Waals surface area (Å²) in [5, 5.41) is 5.76. The van der Waals surface area contributed by atoms with E-state index in [4.69, 9.17) is 5.84 Å². The van der Waals surface area contributed by atoms with E-state index in [2.05, 4.69) is 67.0 Å². The van der Waals surface area contributed by atoms with Crippen molar-refractivity contribution in [3.8, 4) is 0 Å². The number of nitrogen functional groups attached to an aromatic ring is 1. The Bertz CT molecular complexity index is 770. The highest BCUT2D eigenvalue weighted by Gasteiger charge is 2.08. The molecule has 106 valence electrons. The molecule has 0 aliphatic heterocycles. The zero-order chi connectivity index (χ0) is 14.7. The van der Waals surface area contributed by atoms with Crippen LogP contribution >= 0.6 is 15.9 Å². The normalized spacial score (nSPS) is 10.6. The van der Waals surface area contributed by atoms with Gasteiger partial charge in [0.2, 0.25) is 0 Å². The number of aromatic nitrogens is 2. The highest BCUT2D eigenvalue weighted by atomic mass is 79.9. The first-order valence-corrected chi connectivity index (χ1v) is 7.26. The van der Waals surface area contributed by atoms with E-state index in [1.54, 1.807) is 0 Å². The van der Waals surface area contributed by atoms with Crippen molar-refractivity contribution in [2.24, 2.45) is 5.84 Å². The maximum Gasteiger partial charge on any atom is 0.159 e. The SMILES string of the molecule is NNc1ncnc(NCc2cccc3ccccc23)c1Br. The van der Waals surface area contributed by atoms with E-state index >= 15 is 0 Å². The van der Waals surface area contributed by atoms with Gasteiger partial charge in [-0.3, -0.25) is 0 Å². The summed E-state index contributed by atoms with van der Waals surface area (Å²) >= 11 is 3.43. The second kappa shape index (κ2) is 6.07. The molecule has 0 amide bonds. The molecule has 6 heteroatoms. The van der Waals surface area contributed by atoms with Crippen molar-refractivity contribution in [3.63, 3.8) is 0 Å². The van der Waals surface area contributed by atoms with Gasteiger partial charge in [-0.2, -0.15) is 0 Å². The van der Waals surface area contributed by atoms with E-state index in [-0.39, 0.29) is 0 Å². The molecule has 0 atom stereocenters. The first-order valence-electron chi connectivity index (χ1n) is 6.47. The lowest BCUT2D eigenvalue weighted by Crippen LogP contribution is -2.11. The number of fused-ring (bicyclic) bond motifs is 1. The second-order valence-corrected chi connectivity index (χ2v) is 5.31. The van der Waals surface area contributed by atoms with Crippen LogP contribution in [-0.2, 0) is 6.54 Å². The van der Waals surface area contributed by atoms with Gasteiger partial charge in [-0.05, 0) is 32.3 Å². The number of halogens is 1. The van der Waals surface area contributed by atoms with Crippen molar-refractivity contribution in [3.05, 3.63) is 58.8 Å². The summed E-state index contributed by atoms with van der Waals surface area (Å²) < 4.78 is 0.715. The monoisotopic (exact) mass is 343 g/mol. The molecule has 0 saturated carbocycles. The van der Waals surface area contributed by atoms with Gasteiger partial charge in [0.05, 0.1) is 0 Å². The Hall–Kier alpha value is -2.18. The van der Waals surface area contributed by atoms with Gasteiger partial charge in [0, 0.05) is 6.54 Å². The van der Waals surface area contributed by atoms with Gasteiger partial charge >= 0.3 is 0 Å². The summed E-state index contributed by atoms with van der Waals surface area (Å²) in [5.74, 6) is 6.65. The van der Waals surface area contributed by atoms with Gasteiger partial charge in [-0.25, -0.2) is 15.8 Å². The topological polar surface area (TPSA) is 75.9 Å². The van der Waals surface area contributed by atoms with E-state index in [1.165, 1.54) is 22.7 Å². The molecule has 0 aliphatic rings. The van der Waals surface area contributed by atoms with Crippen LogP contribution in [0.15, 0.2) is 53.3 Å². The van der Waals surface area contributed by atoms with Crippen LogP contribution in [0, 0.1) is 0 Å². The average Bonchev–Trinajstić information content (AvgIpc) is 2.54.